The highest BCUT2D eigenvalue weighted by Crippen LogP contribution is 2.57. The van der Waals surface area contributed by atoms with Gasteiger partial charge in [-0.25, -0.2) is 0 Å². The smallest absolute Gasteiger partial charge is 0.426 e. The monoisotopic (exact) mass is 404 g/mol. The van der Waals surface area contributed by atoms with Crippen molar-refractivity contribution in [2.45, 2.75) is 70.3 Å². The zero-order valence-corrected chi connectivity index (χ0v) is 15.4. The molecule has 27 heavy (non-hydrogen) atoms. The summed E-state index contributed by atoms with van der Waals surface area (Å²) in [5.74, 6) is -2.16. The van der Waals surface area contributed by atoms with Gasteiger partial charge in [0.25, 0.3) is 5.60 Å². The Morgan fingerprint density at radius 2 is 1.52 bits per heavy atom. The van der Waals surface area contributed by atoms with E-state index in [1.54, 1.807) is 0 Å². The number of rotatable bonds is 7. The number of alkyl halides is 6. The van der Waals surface area contributed by atoms with Crippen LogP contribution < -0.4 is 0 Å². The summed E-state index contributed by atoms with van der Waals surface area (Å²) in [5.41, 5.74) is -4.70. The lowest BCUT2D eigenvalue weighted by molar-refractivity contribution is -0.373. The molecule has 0 radical (unpaired) electrons. The van der Waals surface area contributed by atoms with E-state index < -0.39 is 36.2 Å². The van der Waals surface area contributed by atoms with Gasteiger partial charge in [0.05, 0.1) is 12.5 Å². The van der Waals surface area contributed by atoms with Crippen LogP contribution >= 0.6 is 0 Å². The zero-order valence-electron chi connectivity index (χ0n) is 15.4. The van der Waals surface area contributed by atoms with Crippen molar-refractivity contribution in [3.8, 4) is 0 Å². The number of fused-ring (bicyclic) bond motifs is 2. The molecule has 2 aliphatic rings. The van der Waals surface area contributed by atoms with Crippen molar-refractivity contribution in [3.05, 3.63) is 0 Å². The lowest BCUT2D eigenvalue weighted by Crippen LogP contribution is -2.58. The van der Waals surface area contributed by atoms with Gasteiger partial charge < -0.3 is 9.84 Å². The zero-order chi connectivity index (χ0) is 20.6. The van der Waals surface area contributed by atoms with Gasteiger partial charge in [0, 0.05) is 0 Å². The van der Waals surface area contributed by atoms with Crippen LogP contribution in [0, 0.1) is 29.6 Å². The molecule has 9 heteroatoms. The molecule has 0 aliphatic heterocycles. The van der Waals surface area contributed by atoms with E-state index in [4.69, 9.17) is 4.74 Å². The van der Waals surface area contributed by atoms with Crippen molar-refractivity contribution in [1.29, 1.82) is 0 Å². The number of ether oxygens (including phenoxy) is 1. The van der Waals surface area contributed by atoms with E-state index in [2.05, 4.69) is 0 Å². The second-order valence-electron chi connectivity index (χ2n) is 7.96. The second-order valence-corrected chi connectivity index (χ2v) is 7.96. The molecule has 0 heterocycles. The maximum atomic E-state index is 13.0. The summed E-state index contributed by atoms with van der Waals surface area (Å²) in [5, 5.41) is 9.48. The highest BCUT2D eigenvalue weighted by atomic mass is 19.4. The van der Waals surface area contributed by atoms with Crippen molar-refractivity contribution in [2.24, 2.45) is 29.6 Å². The Labute approximate surface area is 154 Å². The summed E-state index contributed by atoms with van der Waals surface area (Å²) in [7, 11) is 0. The van der Waals surface area contributed by atoms with Gasteiger partial charge >= 0.3 is 18.3 Å². The minimum Gasteiger partial charge on any atom is -0.465 e. The normalized spacial score (nSPS) is 28.8. The molecule has 0 saturated heterocycles. The Balaban J connectivity index is 2.04. The first-order valence-corrected chi connectivity index (χ1v) is 9.36. The molecule has 0 amide bonds. The van der Waals surface area contributed by atoms with Gasteiger partial charge in [0.1, 0.15) is 0 Å². The van der Waals surface area contributed by atoms with Crippen LogP contribution in [0.2, 0.25) is 0 Å². The van der Waals surface area contributed by atoms with Crippen molar-refractivity contribution in [2.75, 3.05) is 6.61 Å². The number of aliphatic hydroxyl groups is 1. The summed E-state index contributed by atoms with van der Waals surface area (Å²) in [6, 6.07) is 0. The van der Waals surface area contributed by atoms with Crippen LogP contribution in [-0.2, 0) is 9.53 Å². The molecule has 0 spiro atoms. The molecule has 2 aliphatic carbocycles. The highest BCUT2D eigenvalue weighted by molar-refractivity contribution is 5.72. The third-order valence-electron chi connectivity index (χ3n) is 6.34. The summed E-state index contributed by atoms with van der Waals surface area (Å²) >= 11 is 0. The SMILES string of the molecule is CCC(CC)C(=O)OCC1CC2CC(CC(O)(C(F)(F)F)C(F)(F)F)C1C2. The number of halogens is 6. The van der Waals surface area contributed by atoms with Crippen LogP contribution in [-0.4, -0.2) is 35.6 Å². The fraction of sp³-hybridized carbons (Fsp3) is 0.944. The Hall–Kier alpha value is -0.990. The summed E-state index contributed by atoms with van der Waals surface area (Å²) < 4.78 is 83.1. The van der Waals surface area contributed by atoms with Crippen LogP contribution in [0.5, 0.6) is 0 Å². The molecule has 4 unspecified atom stereocenters. The van der Waals surface area contributed by atoms with E-state index in [9.17, 15) is 36.2 Å². The quantitative estimate of drug-likeness (QED) is 0.486. The van der Waals surface area contributed by atoms with Crippen LogP contribution in [0.15, 0.2) is 0 Å². The lowest BCUT2D eigenvalue weighted by Gasteiger charge is -2.38. The van der Waals surface area contributed by atoms with Crippen LogP contribution in [0.25, 0.3) is 0 Å². The molecule has 1 N–H and O–H groups in total. The topological polar surface area (TPSA) is 46.5 Å². The molecular formula is C18H26F6O3. The van der Waals surface area contributed by atoms with Crippen molar-refractivity contribution >= 4 is 5.97 Å². The molecule has 2 fully saturated rings. The van der Waals surface area contributed by atoms with Gasteiger partial charge in [-0.15, -0.1) is 0 Å². The van der Waals surface area contributed by atoms with Gasteiger partial charge in [0.2, 0.25) is 0 Å². The number of hydrogen-bond acceptors (Lipinski definition) is 3. The lowest BCUT2D eigenvalue weighted by atomic mass is 9.75. The molecule has 2 rings (SSSR count). The molecule has 2 bridgehead atoms. The molecule has 158 valence electrons. The first-order valence-electron chi connectivity index (χ1n) is 9.36. The largest absolute Gasteiger partial charge is 0.465 e. The Morgan fingerprint density at radius 1 is 1.00 bits per heavy atom. The van der Waals surface area contributed by atoms with Crippen LogP contribution in [0.1, 0.15) is 52.4 Å². The molecule has 4 atom stereocenters. The summed E-state index contributed by atoms with van der Waals surface area (Å²) in [4.78, 5) is 12.0. The van der Waals surface area contributed by atoms with Gasteiger partial charge in [-0.05, 0) is 62.2 Å². The molecular weight excluding hydrogens is 378 g/mol. The average molecular weight is 404 g/mol. The standard InChI is InChI=1S/C18H26F6O3/c1-3-11(4-2)15(25)27-9-13-6-10-5-12(14(13)7-10)8-16(26,17(19,20)21)18(22,23)24/h10-14,26H,3-9H2,1-2H3. The number of hydrogen-bond donors (Lipinski definition) is 1. The molecule has 0 aromatic carbocycles. The van der Waals surface area contributed by atoms with Crippen molar-refractivity contribution in [1.82, 2.24) is 0 Å². The predicted molar refractivity (Wildman–Crippen MR) is 84.5 cm³/mol. The van der Waals surface area contributed by atoms with Crippen LogP contribution in [0.4, 0.5) is 26.3 Å². The Bertz CT molecular complexity index is 512. The van der Waals surface area contributed by atoms with Crippen molar-refractivity contribution < 1.29 is 41.0 Å². The maximum Gasteiger partial charge on any atom is 0.426 e. The maximum absolute atomic E-state index is 13.0. The molecule has 0 aromatic heterocycles. The van der Waals surface area contributed by atoms with E-state index in [1.807, 2.05) is 13.8 Å². The van der Waals surface area contributed by atoms with Gasteiger partial charge in [0.15, 0.2) is 0 Å². The predicted octanol–water partition coefficient (Wildman–Crippen LogP) is 4.87. The number of carbonyl (C=O) groups is 1. The Kier molecular flexibility index (Phi) is 6.44. The summed E-state index contributed by atoms with van der Waals surface area (Å²) in [6.07, 6.45) is -10.4. The van der Waals surface area contributed by atoms with Gasteiger partial charge in [-0.3, -0.25) is 4.79 Å². The summed E-state index contributed by atoms with van der Waals surface area (Å²) in [6.45, 7) is 3.71. The third kappa shape index (κ3) is 4.38. The first kappa shape index (κ1) is 22.3. The number of carbonyl (C=O) groups excluding carboxylic acids is 1. The van der Waals surface area contributed by atoms with Crippen LogP contribution in [0.3, 0.4) is 0 Å². The van der Waals surface area contributed by atoms with E-state index in [0.29, 0.717) is 25.7 Å². The number of esters is 1. The molecule has 0 aromatic rings. The van der Waals surface area contributed by atoms with E-state index in [0.717, 1.165) is 0 Å². The fourth-order valence-corrected chi connectivity index (χ4v) is 4.78. The highest BCUT2D eigenvalue weighted by Gasteiger charge is 2.71. The molecule has 3 nitrogen and oxygen atoms in total. The first-order chi connectivity index (χ1) is 12.3. The average Bonchev–Trinajstić information content (AvgIpc) is 3.11. The van der Waals surface area contributed by atoms with E-state index in [-0.39, 0.29) is 36.8 Å². The van der Waals surface area contributed by atoms with Gasteiger partial charge in [-0.1, -0.05) is 13.8 Å². The third-order valence-corrected chi connectivity index (χ3v) is 6.34. The minimum absolute atomic E-state index is 0.0163. The van der Waals surface area contributed by atoms with Crippen molar-refractivity contribution in [3.63, 3.8) is 0 Å². The fourth-order valence-electron chi connectivity index (χ4n) is 4.78. The molecule has 2 saturated carbocycles. The minimum atomic E-state index is -5.79. The van der Waals surface area contributed by atoms with E-state index in [1.165, 1.54) is 0 Å². The van der Waals surface area contributed by atoms with Gasteiger partial charge in [-0.2, -0.15) is 26.3 Å². The van der Waals surface area contributed by atoms with E-state index >= 15 is 0 Å². The Morgan fingerprint density at radius 3 is 1.96 bits per heavy atom. The second kappa shape index (κ2) is 7.79.